The van der Waals surface area contributed by atoms with Gasteiger partial charge in [0.15, 0.2) is 0 Å². The molecule has 0 amide bonds. The van der Waals surface area contributed by atoms with Crippen molar-refractivity contribution in [3.8, 4) is 22.4 Å². The van der Waals surface area contributed by atoms with Crippen LogP contribution in [0.4, 0.5) is 0 Å². The van der Waals surface area contributed by atoms with Gasteiger partial charge in [-0.1, -0.05) is 65.8 Å². The van der Waals surface area contributed by atoms with Crippen LogP contribution in [0.15, 0.2) is 65.2 Å². The van der Waals surface area contributed by atoms with Crippen molar-refractivity contribution in [2.75, 3.05) is 0 Å². The van der Waals surface area contributed by atoms with Crippen molar-refractivity contribution in [2.24, 2.45) is 0 Å². The summed E-state index contributed by atoms with van der Waals surface area (Å²) in [5, 5.41) is 4.19. The normalized spacial score (nSPS) is 10.3. The van der Waals surface area contributed by atoms with Crippen LogP contribution in [-0.2, 0) is 10.4 Å². The van der Waals surface area contributed by atoms with Gasteiger partial charge in [0.1, 0.15) is 11.5 Å². The molecule has 8 heteroatoms. The summed E-state index contributed by atoms with van der Waals surface area (Å²) in [4.78, 5) is 0. The Hall–Kier alpha value is -1.48. The van der Waals surface area contributed by atoms with Gasteiger partial charge in [-0.05, 0) is 12.5 Å². The molecule has 0 fully saturated rings. The number of aryl methyl sites for hydroxylation is 1. The van der Waals surface area contributed by atoms with E-state index < -0.39 is 10.4 Å². The van der Waals surface area contributed by atoms with Gasteiger partial charge in [-0.2, -0.15) is 8.42 Å². The number of benzene rings is 2. The molecular formula is C16H16NNaO5S. The van der Waals surface area contributed by atoms with Crippen LogP contribution in [0.3, 0.4) is 0 Å². The maximum atomic E-state index is 8.74. The topological polar surface area (TPSA) is 101 Å². The Morgan fingerprint density at radius 3 is 1.75 bits per heavy atom. The minimum atomic E-state index is -4.67. The average Bonchev–Trinajstić information content (AvgIpc) is 2.89. The third-order valence-electron chi connectivity index (χ3n) is 2.97. The first-order chi connectivity index (χ1) is 10.9. The second kappa shape index (κ2) is 9.12. The number of aromatic nitrogens is 1. The molecular weight excluding hydrogens is 341 g/mol. The molecule has 0 radical (unpaired) electrons. The molecule has 0 saturated carbocycles. The first-order valence-corrected chi connectivity index (χ1v) is 8.03. The SMILES string of the molecule is Cc1onc(-c2ccccc2)c1-c1ccccc1.O=S(=O)(O)O.[NaH]. The Kier molecular flexibility index (Phi) is 7.82. The predicted molar refractivity (Wildman–Crippen MR) is 93.4 cm³/mol. The van der Waals surface area contributed by atoms with Crippen LogP contribution in [0.1, 0.15) is 5.76 Å². The molecule has 0 aliphatic rings. The molecule has 0 bridgehead atoms. The van der Waals surface area contributed by atoms with E-state index in [1.807, 2.05) is 55.5 Å². The van der Waals surface area contributed by atoms with Crippen molar-refractivity contribution < 1.29 is 22.0 Å². The summed E-state index contributed by atoms with van der Waals surface area (Å²) in [5.41, 5.74) is 4.18. The van der Waals surface area contributed by atoms with Gasteiger partial charge in [0.2, 0.25) is 0 Å². The van der Waals surface area contributed by atoms with Crippen molar-refractivity contribution in [3.05, 3.63) is 66.4 Å². The summed E-state index contributed by atoms with van der Waals surface area (Å²) in [6.07, 6.45) is 0. The molecule has 1 aromatic heterocycles. The zero-order chi connectivity index (χ0) is 16.9. The van der Waals surface area contributed by atoms with E-state index in [4.69, 9.17) is 22.0 Å². The quantitative estimate of drug-likeness (QED) is 0.540. The molecule has 0 saturated heterocycles. The van der Waals surface area contributed by atoms with Crippen molar-refractivity contribution in [1.82, 2.24) is 5.16 Å². The maximum absolute atomic E-state index is 8.74. The van der Waals surface area contributed by atoms with Crippen LogP contribution in [-0.4, -0.2) is 52.2 Å². The zero-order valence-corrected chi connectivity index (χ0v) is 13.1. The van der Waals surface area contributed by atoms with E-state index in [0.717, 1.165) is 28.1 Å². The van der Waals surface area contributed by atoms with E-state index in [1.54, 1.807) is 0 Å². The van der Waals surface area contributed by atoms with Gasteiger partial charge in [0, 0.05) is 5.56 Å². The first-order valence-electron chi connectivity index (χ1n) is 6.63. The van der Waals surface area contributed by atoms with Crippen LogP contribution < -0.4 is 0 Å². The molecule has 122 valence electrons. The molecule has 2 aromatic carbocycles. The summed E-state index contributed by atoms with van der Waals surface area (Å²) >= 11 is 0. The van der Waals surface area contributed by atoms with Crippen LogP contribution in [0.2, 0.25) is 0 Å². The van der Waals surface area contributed by atoms with Crippen LogP contribution in [0.5, 0.6) is 0 Å². The Balaban J connectivity index is 0.000000425. The third-order valence-corrected chi connectivity index (χ3v) is 2.97. The molecule has 2 N–H and O–H groups in total. The Morgan fingerprint density at radius 1 is 0.875 bits per heavy atom. The fraction of sp³-hybridized carbons (Fsp3) is 0.0625. The number of hydrogen-bond donors (Lipinski definition) is 2. The van der Waals surface area contributed by atoms with Gasteiger partial charge in [-0.25, -0.2) is 0 Å². The second-order valence-corrected chi connectivity index (χ2v) is 5.54. The van der Waals surface area contributed by atoms with Gasteiger partial charge in [0.25, 0.3) is 0 Å². The van der Waals surface area contributed by atoms with Crippen LogP contribution in [0.25, 0.3) is 22.4 Å². The monoisotopic (exact) mass is 357 g/mol. The van der Waals surface area contributed by atoms with Crippen LogP contribution in [0, 0.1) is 6.92 Å². The van der Waals surface area contributed by atoms with E-state index >= 15 is 0 Å². The molecule has 1 heterocycles. The van der Waals surface area contributed by atoms with Crippen molar-refractivity contribution >= 4 is 40.0 Å². The van der Waals surface area contributed by atoms with Gasteiger partial charge in [-0.3, -0.25) is 9.11 Å². The van der Waals surface area contributed by atoms with E-state index in [0.29, 0.717) is 0 Å². The van der Waals surface area contributed by atoms with Gasteiger partial charge in [-0.15, -0.1) is 0 Å². The third kappa shape index (κ3) is 6.20. The predicted octanol–water partition coefficient (Wildman–Crippen LogP) is 3.02. The molecule has 0 aliphatic carbocycles. The molecule has 24 heavy (non-hydrogen) atoms. The average molecular weight is 357 g/mol. The summed E-state index contributed by atoms with van der Waals surface area (Å²) in [7, 11) is -4.67. The van der Waals surface area contributed by atoms with Gasteiger partial charge < -0.3 is 4.52 Å². The molecule has 3 rings (SSSR count). The fourth-order valence-corrected chi connectivity index (χ4v) is 2.11. The van der Waals surface area contributed by atoms with Gasteiger partial charge in [0.05, 0.1) is 5.56 Å². The van der Waals surface area contributed by atoms with E-state index in [-0.39, 0.29) is 29.6 Å². The van der Waals surface area contributed by atoms with Crippen LogP contribution >= 0.6 is 0 Å². The number of rotatable bonds is 2. The standard InChI is InChI=1S/C16H13NO.Na.H2O4S.H/c1-12-15(13-8-4-2-5-9-13)16(17-18-12)14-10-6-3-7-11-14;;1-5(2,3)4;/h2-11H,1H3;;(H2,1,2,3,4);. The number of nitrogens with zero attached hydrogens (tertiary/aromatic N) is 1. The first kappa shape index (κ1) is 20.6. The van der Waals surface area contributed by atoms with E-state index in [2.05, 4.69) is 17.3 Å². The summed E-state index contributed by atoms with van der Waals surface area (Å²) in [5.74, 6) is 0.847. The molecule has 0 spiro atoms. The van der Waals surface area contributed by atoms with Crippen molar-refractivity contribution in [3.63, 3.8) is 0 Å². The van der Waals surface area contributed by atoms with E-state index in [1.165, 1.54) is 0 Å². The molecule has 6 nitrogen and oxygen atoms in total. The second-order valence-electron chi connectivity index (χ2n) is 4.64. The van der Waals surface area contributed by atoms with Gasteiger partial charge >= 0.3 is 40.0 Å². The molecule has 0 atom stereocenters. The fourth-order valence-electron chi connectivity index (χ4n) is 2.11. The number of hydrogen-bond acceptors (Lipinski definition) is 4. The minimum absolute atomic E-state index is 0. The summed E-state index contributed by atoms with van der Waals surface area (Å²) in [6.45, 7) is 1.95. The molecule has 0 aliphatic heterocycles. The van der Waals surface area contributed by atoms with Crippen molar-refractivity contribution in [1.29, 1.82) is 0 Å². The Labute approximate surface area is 162 Å². The Bertz CT molecular complexity index is 856. The summed E-state index contributed by atoms with van der Waals surface area (Å²) in [6, 6.07) is 20.3. The Morgan fingerprint density at radius 2 is 1.29 bits per heavy atom. The zero-order valence-electron chi connectivity index (χ0n) is 12.2. The van der Waals surface area contributed by atoms with E-state index in [9.17, 15) is 0 Å². The molecule has 3 aromatic rings. The molecule has 0 unspecified atom stereocenters. The summed E-state index contributed by atoms with van der Waals surface area (Å²) < 4.78 is 36.9. The van der Waals surface area contributed by atoms with Crippen molar-refractivity contribution in [2.45, 2.75) is 6.92 Å².